The Kier molecular flexibility index (Phi) is 1.73. The first-order valence-electron chi connectivity index (χ1n) is 3.67. The molecule has 0 amide bonds. The van der Waals surface area contributed by atoms with Crippen molar-refractivity contribution in [3.63, 3.8) is 0 Å². The van der Waals surface area contributed by atoms with Gasteiger partial charge >= 0.3 is 0 Å². The molecular formula is C8H8ClN3. The SMILES string of the molecule is Cc1ccc2nc(CCl)nn2c1. The number of rotatable bonds is 1. The minimum atomic E-state index is 0.362. The van der Waals surface area contributed by atoms with Crippen molar-refractivity contribution in [2.24, 2.45) is 0 Å². The molecule has 0 aliphatic rings. The van der Waals surface area contributed by atoms with E-state index in [2.05, 4.69) is 10.1 Å². The molecule has 0 aliphatic heterocycles. The zero-order valence-electron chi connectivity index (χ0n) is 6.66. The Bertz CT molecular complexity index is 408. The van der Waals surface area contributed by atoms with E-state index in [4.69, 9.17) is 11.6 Å². The minimum absolute atomic E-state index is 0.362. The summed E-state index contributed by atoms with van der Waals surface area (Å²) in [7, 11) is 0. The molecule has 3 nitrogen and oxygen atoms in total. The molecule has 2 aromatic rings. The molecule has 4 heteroatoms. The van der Waals surface area contributed by atoms with Gasteiger partial charge < -0.3 is 0 Å². The average molecular weight is 182 g/mol. The van der Waals surface area contributed by atoms with E-state index in [-0.39, 0.29) is 0 Å². The topological polar surface area (TPSA) is 30.2 Å². The summed E-state index contributed by atoms with van der Waals surface area (Å²) in [5.41, 5.74) is 2.00. The van der Waals surface area contributed by atoms with E-state index in [9.17, 15) is 0 Å². The lowest BCUT2D eigenvalue weighted by molar-refractivity contribution is 0.916. The summed E-state index contributed by atoms with van der Waals surface area (Å²) in [6.45, 7) is 2.02. The molecule has 0 spiro atoms. The quantitative estimate of drug-likeness (QED) is 0.628. The van der Waals surface area contributed by atoms with Gasteiger partial charge in [0.2, 0.25) is 0 Å². The zero-order valence-corrected chi connectivity index (χ0v) is 7.41. The summed E-state index contributed by atoms with van der Waals surface area (Å²) in [6.07, 6.45) is 1.93. The Morgan fingerprint density at radius 3 is 3.08 bits per heavy atom. The summed E-state index contributed by atoms with van der Waals surface area (Å²) in [5, 5.41) is 4.17. The molecule has 2 aromatic heterocycles. The van der Waals surface area contributed by atoms with E-state index in [1.807, 2.05) is 25.3 Å². The first-order chi connectivity index (χ1) is 5.79. The van der Waals surface area contributed by atoms with Gasteiger partial charge in [-0.15, -0.1) is 16.7 Å². The second-order valence-corrected chi connectivity index (χ2v) is 2.94. The lowest BCUT2D eigenvalue weighted by Gasteiger charge is -1.91. The van der Waals surface area contributed by atoms with Gasteiger partial charge in [-0.2, -0.15) is 0 Å². The molecular weight excluding hydrogens is 174 g/mol. The highest BCUT2D eigenvalue weighted by Crippen LogP contribution is 2.04. The highest BCUT2D eigenvalue weighted by molar-refractivity contribution is 6.16. The Balaban J connectivity index is 2.67. The fraction of sp³-hybridized carbons (Fsp3) is 0.250. The van der Waals surface area contributed by atoms with Gasteiger partial charge in [0.25, 0.3) is 0 Å². The summed E-state index contributed by atoms with van der Waals surface area (Å²) in [4.78, 5) is 4.19. The van der Waals surface area contributed by atoms with E-state index in [1.165, 1.54) is 0 Å². The number of alkyl halides is 1. The van der Waals surface area contributed by atoms with Gasteiger partial charge in [-0.1, -0.05) is 6.07 Å². The Morgan fingerprint density at radius 2 is 2.33 bits per heavy atom. The van der Waals surface area contributed by atoms with Crippen molar-refractivity contribution in [1.82, 2.24) is 14.6 Å². The van der Waals surface area contributed by atoms with E-state index in [1.54, 1.807) is 4.52 Å². The van der Waals surface area contributed by atoms with Crippen LogP contribution in [0.1, 0.15) is 11.4 Å². The van der Waals surface area contributed by atoms with Crippen molar-refractivity contribution in [2.45, 2.75) is 12.8 Å². The van der Waals surface area contributed by atoms with Gasteiger partial charge in [0, 0.05) is 6.20 Å². The average Bonchev–Trinajstić information content (AvgIpc) is 2.46. The van der Waals surface area contributed by atoms with Crippen LogP contribution in [0.5, 0.6) is 0 Å². The van der Waals surface area contributed by atoms with Crippen LogP contribution in [0.15, 0.2) is 18.3 Å². The largest absolute Gasteiger partial charge is 0.221 e. The Hall–Kier alpha value is -1.09. The number of aromatic nitrogens is 3. The Morgan fingerprint density at radius 1 is 1.50 bits per heavy atom. The maximum atomic E-state index is 5.60. The molecule has 62 valence electrons. The molecule has 0 saturated carbocycles. The fourth-order valence-electron chi connectivity index (χ4n) is 1.09. The lowest BCUT2D eigenvalue weighted by Crippen LogP contribution is -1.87. The van der Waals surface area contributed by atoms with E-state index in [0.717, 1.165) is 11.2 Å². The zero-order chi connectivity index (χ0) is 8.55. The number of aryl methyl sites for hydroxylation is 1. The van der Waals surface area contributed by atoms with Gasteiger partial charge in [-0.3, -0.25) is 0 Å². The molecule has 0 aromatic carbocycles. The second-order valence-electron chi connectivity index (χ2n) is 2.67. The van der Waals surface area contributed by atoms with Crippen molar-refractivity contribution >= 4 is 17.2 Å². The van der Waals surface area contributed by atoms with Crippen LogP contribution in [0, 0.1) is 6.92 Å². The molecule has 0 aliphatic carbocycles. The summed E-state index contributed by atoms with van der Waals surface area (Å²) < 4.78 is 1.74. The molecule has 2 rings (SSSR count). The third kappa shape index (κ3) is 1.16. The highest BCUT2D eigenvalue weighted by atomic mass is 35.5. The Labute approximate surface area is 75.0 Å². The summed E-state index contributed by atoms with van der Waals surface area (Å²) in [6, 6.07) is 3.93. The molecule has 2 heterocycles. The molecule has 0 N–H and O–H groups in total. The van der Waals surface area contributed by atoms with Crippen molar-refractivity contribution in [3.8, 4) is 0 Å². The maximum absolute atomic E-state index is 5.60. The number of pyridine rings is 1. The van der Waals surface area contributed by atoms with E-state index >= 15 is 0 Å². The number of fused-ring (bicyclic) bond motifs is 1. The third-order valence-electron chi connectivity index (χ3n) is 1.64. The lowest BCUT2D eigenvalue weighted by atomic mass is 10.3. The van der Waals surface area contributed by atoms with Crippen LogP contribution < -0.4 is 0 Å². The van der Waals surface area contributed by atoms with Crippen LogP contribution in [-0.2, 0) is 5.88 Å². The normalized spacial score (nSPS) is 10.8. The number of halogens is 1. The van der Waals surface area contributed by atoms with Gasteiger partial charge in [0.05, 0.1) is 5.88 Å². The molecule has 0 atom stereocenters. The predicted octanol–water partition coefficient (Wildman–Crippen LogP) is 1.78. The van der Waals surface area contributed by atoms with Crippen molar-refractivity contribution in [1.29, 1.82) is 0 Å². The standard InChI is InChI=1S/C8H8ClN3/c1-6-2-3-8-10-7(4-9)11-12(8)5-6/h2-3,5H,4H2,1H3. The van der Waals surface area contributed by atoms with Gasteiger partial charge in [-0.05, 0) is 18.6 Å². The van der Waals surface area contributed by atoms with Crippen LogP contribution in [0.3, 0.4) is 0 Å². The molecule has 12 heavy (non-hydrogen) atoms. The van der Waals surface area contributed by atoms with Crippen LogP contribution in [-0.4, -0.2) is 14.6 Å². The monoisotopic (exact) mass is 181 g/mol. The predicted molar refractivity (Wildman–Crippen MR) is 47.3 cm³/mol. The first-order valence-corrected chi connectivity index (χ1v) is 4.21. The maximum Gasteiger partial charge on any atom is 0.166 e. The number of hydrogen-bond acceptors (Lipinski definition) is 2. The number of nitrogens with zero attached hydrogens (tertiary/aromatic N) is 3. The molecule has 0 bridgehead atoms. The van der Waals surface area contributed by atoms with Crippen molar-refractivity contribution in [3.05, 3.63) is 29.7 Å². The van der Waals surface area contributed by atoms with Crippen LogP contribution in [0.25, 0.3) is 5.65 Å². The first kappa shape index (κ1) is 7.55. The second kappa shape index (κ2) is 2.75. The van der Waals surface area contributed by atoms with E-state index < -0.39 is 0 Å². The molecule has 0 unspecified atom stereocenters. The highest BCUT2D eigenvalue weighted by Gasteiger charge is 2.00. The minimum Gasteiger partial charge on any atom is -0.221 e. The number of hydrogen-bond donors (Lipinski definition) is 0. The summed E-state index contributed by atoms with van der Waals surface area (Å²) in [5.74, 6) is 1.03. The van der Waals surface area contributed by atoms with Crippen molar-refractivity contribution < 1.29 is 0 Å². The van der Waals surface area contributed by atoms with Gasteiger partial charge in [0.1, 0.15) is 0 Å². The van der Waals surface area contributed by atoms with Crippen molar-refractivity contribution in [2.75, 3.05) is 0 Å². The van der Waals surface area contributed by atoms with Crippen LogP contribution >= 0.6 is 11.6 Å². The molecule has 0 radical (unpaired) electrons. The molecule has 0 fully saturated rings. The van der Waals surface area contributed by atoms with Gasteiger partial charge in [0.15, 0.2) is 11.5 Å². The molecule has 0 saturated heterocycles. The third-order valence-corrected chi connectivity index (χ3v) is 1.88. The van der Waals surface area contributed by atoms with Gasteiger partial charge in [-0.25, -0.2) is 9.50 Å². The van der Waals surface area contributed by atoms with Crippen LogP contribution in [0.4, 0.5) is 0 Å². The van der Waals surface area contributed by atoms with E-state index in [0.29, 0.717) is 11.7 Å². The van der Waals surface area contributed by atoms with Crippen LogP contribution in [0.2, 0.25) is 0 Å². The smallest absolute Gasteiger partial charge is 0.166 e. The fourth-order valence-corrected chi connectivity index (χ4v) is 1.20. The summed E-state index contributed by atoms with van der Waals surface area (Å²) >= 11 is 5.60.